The predicted octanol–water partition coefficient (Wildman–Crippen LogP) is 0.447. The maximum atomic E-state index is 11.5. The zero-order valence-electron chi connectivity index (χ0n) is 9.34. The van der Waals surface area contributed by atoms with E-state index in [1.807, 2.05) is 0 Å². The van der Waals surface area contributed by atoms with Crippen molar-refractivity contribution in [3.05, 3.63) is 12.7 Å². The standard InChI is InChI=1S/C11H20N2O2/c1-3-8-15-9-10(14)13-11(2)4-6-12-7-5-11/h3,12H,1,4-9H2,2H3,(H,13,14). The minimum atomic E-state index is -0.0696. The van der Waals surface area contributed by atoms with E-state index in [9.17, 15) is 4.79 Å². The second-order valence-electron chi connectivity index (χ2n) is 4.16. The van der Waals surface area contributed by atoms with Gasteiger partial charge in [-0.25, -0.2) is 0 Å². The maximum absolute atomic E-state index is 11.5. The van der Waals surface area contributed by atoms with Gasteiger partial charge in [0.25, 0.3) is 0 Å². The van der Waals surface area contributed by atoms with E-state index in [-0.39, 0.29) is 18.1 Å². The first-order valence-corrected chi connectivity index (χ1v) is 5.37. The Kier molecular flexibility index (Phi) is 4.78. The zero-order chi connectivity index (χ0) is 11.1. The van der Waals surface area contributed by atoms with Crippen LogP contribution in [0.5, 0.6) is 0 Å². The van der Waals surface area contributed by atoms with Crippen molar-refractivity contribution >= 4 is 5.91 Å². The number of piperidine rings is 1. The van der Waals surface area contributed by atoms with Crippen LogP contribution < -0.4 is 10.6 Å². The summed E-state index contributed by atoms with van der Waals surface area (Å²) < 4.78 is 5.09. The van der Waals surface area contributed by atoms with Crippen LogP contribution in [0.4, 0.5) is 0 Å². The first kappa shape index (κ1) is 12.2. The number of carbonyl (C=O) groups is 1. The van der Waals surface area contributed by atoms with Crippen molar-refractivity contribution in [3.63, 3.8) is 0 Å². The van der Waals surface area contributed by atoms with Gasteiger partial charge in [-0.3, -0.25) is 4.79 Å². The monoisotopic (exact) mass is 212 g/mol. The van der Waals surface area contributed by atoms with E-state index in [0.29, 0.717) is 6.61 Å². The third-order valence-electron chi connectivity index (χ3n) is 2.62. The van der Waals surface area contributed by atoms with E-state index in [0.717, 1.165) is 25.9 Å². The van der Waals surface area contributed by atoms with Gasteiger partial charge in [-0.15, -0.1) is 6.58 Å². The number of rotatable bonds is 5. The van der Waals surface area contributed by atoms with Crippen molar-refractivity contribution < 1.29 is 9.53 Å². The van der Waals surface area contributed by atoms with Crippen LogP contribution in [0.3, 0.4) is 0 Å². The molecule has 1 saturated heterocycles. The smallest absolute Gasteiger partial charge is 0.246 e. The molecule has 0 aliphatic carbocycles. The van der Waals surface area contributed by atoms with Gasteiger partial charge in [0.2, 0.25) is 5.91 Å². The number of carbonyl (C=O) groups excluding carboxylic acids is 1. The molecule has 0 aromatic carbocycles. The molecule has 1 aliphatic rings. The van der Waals surface area contributed by atoms with Gasteiger partial charge in [-0.1, -0.05) is 6.08 Å². The normalized spacial score (nSPS) is 19.5. The minimum absolute atomic E-state index is 0.0405. The van der Waals surface area contributed by atoms with E-state index >= 15 is 0 Å². The largest absolute Gasteiger partial charge is 0.368 e. The molecule has 0 spiro atoms. The number of hydrogen-bond donors (Lipinski definition) is 2. The summed E-state index contributed by atoms with van der Waals surface area (Å²) in [7, 11) is 0. The van der Waals surface area contributed by atoms with Gasteiger partial charge in [0, 0.05) is 5.54 Å². The molecule has 0 aromatic heterocycles. The molecule has 15 heavy (non-hydrogen) atoms. The van der Waals surface area contributed by atoms with E-state index in [2.05, 4.69) is 24.1 Å². The molecule has 0 bridgehead atoms. The van der Waals surface area contributed by atoms with Gasteiger partial charge < -0.3 is 15.4 Å². The van der Waals surface area contributed by atoms with Gasteiger partial charge >= 0.3 is 0 Å². The van der Waals surface area contributed by atoms with E-state index < -0.39 is 0 Å². The van der Waals surface area contributed by atoms with E-state index in [4.69, 9.17) is 4.74 Å². The number of amides is 1. The van der Waals surface area contributed by atoms with Gasteiger partial charge in [-0.2, -0.15) is 0 Å². The third kappa shape index (κ3) is 4.44. The van der Waals surface area contributed by atoms with E-state index in [1.54, 1.807) is 6.08 Å². The number of ether oxygens (including phenoxy) is 1. The molecule has 0 aromatic rings. The molecule has 86 valence electrons. The van der Waals surface area contributed by atoms with Gasteiger partial charge in [0.1, 0.15) is 6.61 Å². The highest BCUT2D eigenvalue weighted by Crippen LogP contribution is 2.16. The Bertz CT molecular complexity index is 223. The minimum Gasteiger partial charge on any atom is -0.368 e. The van der Waals surface area contributed by atoms with Crippen LogP contribution in [0, 0.1) is 0 Å². The number of hydrogen-bond acceptors (Lipinski definition) is 3. The fourth-order valence-electron chi connectivity index (χ4n) is 1.71. The SMILES string of the molecule is C=CCOCC(=O)NC1(C)CCNCC1. The summed E-state index contributed by atoms with van der Waals surface area (Å²) in [6.07, 6.45) is 3.58. The van der Waals surface area contributed by atoms with Gasteiger partial charge in [0.15, 0.2) is 0 Å². The Hall–Kier alpha value is -0.870. The molecule has 0 saturated carbocycles. The molecular formula is C11H20N2O2. The second-order valence-corrected chi connectivity index (χ2v) is 4.16. The highest BCUT2D eigenvalue weighted by atomic mass is 16.5. The molecule has 1 fully saturated rings. The Labute approximate surface area is 91.1 Å². The average molecular weight is 212 g/mol. The average Bonchev–Trinajstić information content (AvgIpc) is 2.18. The summed E-state index contributed by atoms with van der Waals surface area (Å²) in [6, 6.07) is 0. The van der Waals surface area contributed by atoms with E-state index in [1.165, 1.54) is 0 Å². The summed E-state index contributed by atoms with van der Waals surface area (Å²) in [6.45, 7) is 8.07. The molecular weight excluding hydrogens is 192 g/mol. The summed E-state index contributed by atoms with van der Waals surface area (Å²) in [5.41, 5.74) is -0.0696. The lowest BCUT2D eigenvalue weighted by atomic mass is 9.90. The molecule has 0 unspecified atom stereocenters. The lowest BCUT2D eigenvalue weighted by Gasteiger charge is -2.34. The fraction of sp³-hybridized carbons (Fsp3) is 0.727. The van der Waals surface area contributed by atoms with Crippen LogP contribution in [0.1, 0.15) is 19.8 Å². The predicted molar refractivity (Wildman–Crippen MR) is 59.7 cm³/mol. The first-order valence-electron chi connectivity index (χ1n) is 5.37. The van der Waals surface area contributed by atoms with Crippen molar-refractivity contribution in [2.75, 3.05) is 26.3 Å². The molecule has 2 N–H and O–H groups in total. The molecule has 1 heterocycles. The second kappa shape index (κ2) is 5.88. The number of nitrogens with one attached hydrogen (secondary N) is 2. The Morgan fingerprint density at radius 2 is 2.27 bits per heavy atom. The molecule has 1 rings (SSSR count). The molecule has 4 heteroatoms. The summed E-state index contributed by atoms with van der Waals surface area (Å²) >= 11 is 0. The Balaban J connectivity index is 2.26. The Morgan fingerprint density at radius 3 is 2.87 bits per heavy atom. The van der Waals surface area contributed by atoms with Crippen LogP contribution in [-0.4, -0.2) is 37.7 Å². The first-order chi connectivity index (χ1) is 7.16. The van der Waals surface area contributed by atoms with Crippen molar-refractivity contribution in [1.82, 2.24) is 10.6 Å². The lowest BCUT2D eigenvalue weighted by molar-refractivity contribution is -0.127. The third-order valence-corrected chi connectivity index (χ3v) is 2.62. The highest BCUT2D eigenvalue weighted by molar-refractivity contribution is 5.78. The lowest BCUT2D eigenvalue weighted by Crippen LogP contribution is -2.53. The molecule has 0 atom stereocenters. The van der Waals surface area contributed by atoms with Crippen LogP contribution in [0.2, 0.25) is 0 Å². The topological polar surface area (TPSA) is 50.4 Å². The van der Waals surface area contributed by atoms with Crippen molar-refractivity contribution in [3.8, 4) is 0 Å². The fourth-order valence-corrected chi connectivity index (χ4v) is 1.71. The Morgan fingerprint density at radius 1 is 1.60 bits per heavy atom. The molecule has 0 radical (unpaired) electrons. The summed E-state index contributed by atoms with van der Waals surface area (Å²) in [4.78, 5) is 11.5. The summed E-state index contributed by atoms with van der Waals surface area (Å²) in [5, 5.41) is 6.29. The van der Waals surface area contributed by atoms with Crippen molar-refractivity contribution in [1.29, 1.82) is 0 Å². The summed E-state index contributed by atoms with van der Waals surface area (Å²) in [5.74, 6) is -0.0405. The van der Waals surface area contributed by atoms with Crippen LogP contribution in [0.15, 0.2) is 12.7 Å². The van der Waals surface area contributed by atoms with Crippen molar-refractivity contribution in [2.45, 2.75) is 25.3 Å². The van der Waals surface area contributed by atoms with Crippen molar-refractivity contribution in [2.24, 2.45) is 0 Å². The van der Waals surface area contributed by atoms with Crippen LogP contribution >= 0.6 is 0 Å². The van der Waals surface area contributed by atoms with Crippen LogP contribution in [0.25, 0.3) is 0 Å². The van der Waals surface area contributed by atoms with Gasteiger partial charge in [-0.05, 0) is 32.9 Å². The molecule has 1 amide bonds. The highest BCUT2D eigenvalue weighted by Gasteiger charge is 2.27. The molecule has 4 nitrogen and oxygen atoms in total. The quantitative estimate of drug-likeness (QED) is 0.514. The molecule has 1 aliphatic heterocycles. The van der Waals surface area contributed by atoms with Crippen LogP contribution in [-0.2, 0) is 9.53 Å². The van der Waals surface area contributed by atoms with Gasteiger partial charge in [0.05, 0.1) is 6.61 Å². The maximum Gasteiger partial charge on any atom is 0.246 e. The zero-order valence-corrected chi connectivity index (χ0v) is 9.34.